The van der Waals surface area contributed by atoms with E-state index in [4.69, 9.17) is 20.8 Å². The van der Waals surface area contributed by atoms with Gasteiger partial charge in [0.1, 0.15) is 5.75 Å². The van der Waals surface area contributed by atoms with Crippen LogP contribution in [0, 0.1) is 0 Å². The number of nitrogens with zero attached hydrogens (tertiary/aromatic N) is 2. The second kappa shape index (κ2) is 8.37. The molecule has 0 aliphatic rings. The largest absolute Gasteiger partial charge is 0.495 e. The Kier molecular flexibility index (Phi) is 6.10. The zero-order chi connectivity index (χ0) is 20.3. The number of hydrogen-bond donors (Lipinski definition) is 0. The van der Waals surface area contributed by atoms with Crippen molar-refractivity contribution in [2.24, 2.45) is 0 Å². The highest BCUT2D eigenvalue weighted by Gasteiger charge is 2.16. The Morgan fingerprint density at radius 2 is 1.86 bits per heavy atom. The van der Waals surface area contributed by atoms with Crippen LogP contribution in [0.15, 0.2) is 52.1 Å². The lowest BCUT2D eigenvalue weighted by atomic mass is 9.87. The maximum absolute atomic E-state index is 12.4. The van der Waals surface area contributed by atoms with Gasteiger partial charge in [0, 0.05) is 11.1 Å². The van der Waals surface area contributed by atoms with Crippen molar-refractivity contribution >= 4 is 29.1 Å². The van der Waals surface area contributed by atoms with Gasteiger partial charge in [-0.1, -0.05) is 56.3 Å². The summed E-state index contributed by atoms with van der Waals surface area (Å²) in [7, 11) is 1.53. The molecule has 1 heterocycles. The Hall–Kier alpha value is -2.31. The third-order valence-electron chi connectivity index (χ3n) is 4.20. The smallest absolute Gasteiger partial charge is 0.277 e. The van der Waals surface area contributed by atoms with Crippen LogP contribution in [0.4, 0.5) is 0 Å². The summed E-state index contributed by atoms with van der Waals surface area (Å²) >= 11 is 7.27. The summed E-state index contributed by atoms with van der Waals surface area (Å²) in [4.78, 5) is 12.4. The van der Waals surface area contributed by atoms with Crippen LogP contribution in [0.1, 0.15) is 36.7 Å². The van der Waals surface area contributed by atoms with E-state index in [1.54, 1.807) is 18.2 Å². The summed E-state index contributed by atoms with van der Waals surface area (Å²) in [6.07, 6.45) is 0. The highest BCUT2D eigenvalue weighted by Crippen LogP contribution is 2.28. The lowest BCUT2D eigenvalue weighted by molar-refractivity contribution is 0.102. The van der Waals surface area contributed by atoms with E-state index in [0.29, 0.717) is 27.4 Å². The minimum atomic E-state index is -0.0798. The SMILES string of the molecule is COc1ccc(C(=O)CSc2nnc(-c3ccc(C(C)(C)C)cc3)o2)cc1Cl. The molecule has 3 rings (SSSR count). The van der Waals surface area contributed by atoms with Crippen molar-refractivity contribution in [1.29, 1.82) is 0 Å². The second-order valence-corrected chi connectivity index (χ2v) is 8.60. The first-order valence-electron chi connectivity index (χ1n) is 8.72. The van der Waals surface area contributed by atoms with E-state index in [1.165, 1.54) is 24.4 Å². The highest BCUT2D eigenvalue weighted by atomic mass is 35.5. The first-order chi connectivity index (χ1) is 13.3. The van der Waals surface area contributed by atoms with Crippen molar-refractivity contribution in [2.75, 3.05) is 12.9 Å². The Morgan fingerprint density at radius 1 is 1.14 bits per heavy atom. The van der Waals surface area contributed by atoms with E-state index >= 15 is 0 Å². The molecule has 3 aromatic rings. The van der Waals surface area contributed by atoms with Crippen molar-refractivity contribution in [3.63, 3.8) is 0 Å². The van der Waals surface area contributed by atoms with Gasteiger partial charge in [0.15, 0.2) is 5.78 Å². The molecule has 0 aliphatic heterocycles. The van der Waals surface area contributed by atoms with E-state index in [2.05, 4.69) is 43.1 Å². The highest BCUT2D eigenvalue weighted by molar-refractivity contribution is 7.99. The van der Waals surface area contributed by atoms with Crippen LogP contribution in [0.5, 0.6) is 5.75 Å². The number of halogens is 1. The molecule has 146 valence electrons. The molecule has 2 aromatic carbocycles. The summed E-state index contributed by atoms with van der Waals surface area (Å²) in [5.74, 6) is 1.06. The molecule has 0 atom stereocenters. The lowest BCUT2D eigenvalue weighted by Crippen LogP contribution is -2.10. The van der Waals surface area contributed by atoms with Crippen LogP contribution in [0.25, 0.3) is 11.5 Å². The van der Waals surface area contributed by atoms with Crippen molar-refractivity contribution in [2.45, 2.75) is 31.4 Å². The van der Waals surface area contributed by atoms with Gasteiger partial charge >= 0.3 is 0 Å². The van der Waals surface area contributed by atoms with Crippen LogP contribution in [0.3, 0.4) is 0 Å². The quantitative estimate of drug-likeness (QED) is 0.381. The monoisotopic (exact) mass is 416 g/mol. The van der Waals surface area contributed by atoms with Gasteiger partial charge in [0.2, 0.25) is 5.89 Å². The first-order valence-corrected chi connectivity index (χ1v) is 10.1. The molecule has 0 aliphatic carbocycles. The molecule has 0 bridgehead atoms. The molecule has 0 saturated carbocycles. The van der Waals surface area contributed by atoms with Gasteiger partial charge in [-0.05, 0) is 41.3 Å². The number of aromatic nitrogens is 2. The Labute approximate surface area is 173 Å². The third-order valence-corrected chi connectivity index (χ3v) is 5.32. The molecule has 1 aromatic heterocycles. The number of thioether (sulfide) groups is 1. The molecular formula is C21H21ClN2O3S. The van der Waals surface area contributed by atoms with Gasteiger partial charge in [0.05, 0.1) is 17.9 Å². The fourth-order valence-electron chi connectivity index (χ4n) is 2.55. The number of benzene rings is 2. The standard InChI is InChI=1S/C21H21ClN2O3S/c1-21(2,3)15-8-5-13(6-9-15)19-23-24-20(27-19)28-12-17(25)14-7-10-18(26-4)16(22)11-14/h5-11H,12H2,1-4H3. The first kappa shape index (κ1) is 20.4. The summed E-state index contributed by atoms with van der Waals surface area (Å²) in [6, 6.07) is 13.0. The van der Waals surface area contributed by atoms with Crippen molar-refractivity contribution in [3.8, 4) is 17.2 Å². The molecule has 5 nitrogen and oxygen atoms in total. The zero-order valence-electron chi connectivity index (χ0n) is 16.2. The summed E-state index contributed by atoms with van der Waals surface area (Å²) in [6.45, 7) is 6.49. The van der Waals surface area contributed by atoms with E-state index in [1.807, 2.05) is 12.1 Å². The second-order valence-electron chi connectivity index (χ2n) is 7.26. The molecular weight excluding hydrogens is 396 g/mol. The molecule has 0 saturated heterocycles. The normalized spacial score (nSPS) is 11.5. The predicted molar refractivity (Wildman–Crippen MR) is 111 cm³/mol. The Balaban J connectivity index is 1.65. The molecule has 0 N–H and O–H groups in total. The van der Waals surface area contributed by atoms with Crippen molar-refractivity contribution < 1.29 is 13.9 Å². The van der Waals surface area contributed by atoms with E-state index in [-0.39, 0.29) is 17.0 Å². The number of ketones is 1. The molecule has 7 heteroatoms. The van der Waals surface area contributed by atoms with E-state index in [9.17, 15) is 4.79 Å². The number of carbonyl (C=O) groups is 1. The van der Waals surface area contributed by atoms with Crippen LogP contribution < -0.4 is 4.74 Å². The van der Waals surface area contributed by atoms with E-state index in [0.717, 1.165) is 5.56 Å². The maximum Gasteiger partial charge on any atom is 0.277 e. The fourth-order valence-corrected chi connectivity index (χ4v) is 3.46. The summed E-state index contributed by atoms with van der Waals surface area (Å²) in [5, 5.41) is 8.85. The number of rotatable bonds is 6. The van der Waals surface area contributed by atoms with Gasteiger partial charge in [-0.2, -0.15) is 0 Å². The molecule has 0 radical (unpaired) electrons. The van der Waals surface area contributed by atoms with Crippen LogP contribution in [-0.4, -0.2) is 28.8 Å². The van der Waals surface area contributed by atoms with Crippen LogP contribution >= 0.6 is 23.4 Å². The average molecular weight is 417 g/mol. The van der Waals surface area contributed by atoms with Gasteiger partial charge < -0.3 is 9.15 Å². The zero-order valence-corrected chi connectivity index (χ0v) is 17.7. The average Bonchev–Trinajstić information content (AvgIpc) is 3.14. The number of methoxy groups -OCH3 is 1. The topological polar surface area (TPSA) is 65.2 Å². The maximum atomic E-state index is 12.4. The van der Waals surface area contributed by atoms with E-state index < -0.39 is 0 Å². The molecule has 0 unspecified atom stereocenters. The summed E-state index contributed by atoms with van der Waals surface area (Å²) in [5.41, 5.74) is 2.67. The van der Waals surface area contributed by atoms with Gasteiger partial charge in [-0.3, -0.25) is 4.79 Å². The molecule has 0 amide bonds. The minimum absolute atomic E-state index is 0.0798. The fraction of sp³-hybridized carbons (Fsp3) is 0.286. The predicted octanol–water partition coefficient (Wildman–Crippen LogP) is 5.67. The van der Waals surface area contributed by atoms with Crippen molar-refractivity contribution in [3.05, 3.63) is 58.6 Å². The van der Waals surface area contributed by atoms with Crippen LogP contribution in [0.2, 0.25) is 5.02 Å². The summed E-state index contributed by atoms with van der Waals surface area (Å²) < 4.78 is 10.8. The van der Waals surface area contributed by atoms with Crippen molar-refractivity contribution in [1.82, 2.24) is 10.2 Å². The van der Waals surface area contributed by atoms with Gasteiger partial charge in [-0.15, -0.1) is 10.2 Å². The lowest BCUT2D eigenvalue weighted by Gasteiger charge is -2.18. The Bertz CT molecular complexity index is 978. The molecule has 0 fully saturated rings. The third kappa shape index (κ3) is 4.75. The van der Waals surface area contributed by atoms with Crippen LogP contribution in [-0.2, 0) is 5.41 Å². The Morgan fingerprint density at radius 3 is 2.46 bits per heavy atom. The number of Topliss-reactive ketones (excluding diaryl/α,β-unsaturated/α-hetero) is 1. The molecule has 28 heavy (non-hydrogen) atoms. The number of ether oxygens (including phenoxy) is 1. The number of carbonyl (C=O) groups excluding carboxylic acids is 1. The van der Waals surface area contributed by atoms with Gasteiger partial charge in [-0.25, -0.2) is 0 Å². The minimum Gasteiger partial charge on any atom is -0.495 e. The van der Waals surface area contributed by atoms with Gasteiger partial charge in [0.25, 0.3) is 5.22 Å². The molecule has 0 spiro atoms. The number of hydrogen-bond acceptors (Lipinski definition) is 6.